The minimum atomic E-state index is -0.221. The number of halogens is 1. The second kappa shape index (κ2) is 12.5. The van der Waals surface area contributed by atoms with Crippen molar-refractivity contribution in [2.75, 3.05) is 0 Å². The van der Waals surface area contributed by atoms with Gasteiger partial charge < -0.3 is 9.88 Å². The lowest BCUT2D eigenvalue weighted by Crippen LogP contribution is -2.34. The average Bonchev–Trinajstić information content (AvgIpc) is 3.81. The standard InChI is InChI=1S/C36H39FN4O2/c1-3-4-18-40-23-32(34(42)10-5-7-24(2)26-8-6-9-29(37)20-26)31-22-27(13-15-33(31)40)28-17-19-41-30(21-28)14-16-35(39-41)38-36(43)25-11-12-25/h6,8-9,13-15,17,19-25H,3-5,7,10-12,16,18H2,1-2H3,(H,38,39,43)/t24-/m1/s1. The van der Waals surface area contributed by atoms with Crippen LogP contribution in [0.3, 0.4) is 0 Å². The zero-order chi connectivity index (χ0) is 29.9. The van der Waals surface area contributed by atoms with Crippen molar-refractivity contribution < 1.29 is 14.0 Å². The summed E-state index contributed by atoms with van der Waals surface area (Å²) in [5.74, 6) is 0.997. The quantitative estimate of drug-likeness (QED) is 0.234. The van der Waals surface area contributed by atoms with E-state index < -0.39 is 0 Å². The molecule has 3 aliphatic rings. The Bertz CT molecular complexity index is 1670. The molecule has 1 saturated carbocycles. The molecule has 2 aliphatic heterocycles. The van der Waals surface area contributed by atoms with Gasteiger partial charge in [-0.2, -0.15) is 5.10 Å². The van der Waals surface area contributed by atoms with E-state index in [2.05, 4.69) is 59.2 Å². The van der Waals surface area contributed by atoms with E-state index in [-0.39, 0.29) is 29.3 Å². The third-order valence-corrected chi connectivity index (χ3v) is 8.64. The summed E-state index contributed by atoms with van der Waals surface area (Å²) in [6.45, 7) is 5.14. The summed E-state index contributed by atoms with van der Waals surface area (Å²) >= 11 is 0. The first-order valence-corrected chi connectivity index (χ1v) is 15.6. The highest BCUT2D eigenvalue weighted by atomic mass is 19.1. The number of hydrogen-bond donors (Lipinski definition) is 1. The molecule has 7 heteroatoms. The highest BCUT2D eigenvalue weighted by Gasteiger charge is 2.30. The minimum Gasteiger partial charge on any atom is -0.347 e. The fraction of sp³-hybridized carbons (Fsp3) is 0.361. The number of nitrogens with zero attached hydrogens (tertiary/aromatic N) is 3. The van der Waals surface area contributed by atoms with Crippen LogP contribution in [0.4, 0.5) is 4.39 Å². The van der Waals surface area contributed by atoms with Crippen molar-refractivity contribution in [1.29, 1.82) is 0 Å². The number of fused-ring (bicyclic) bond motifs is 2. The molecule has 0 radical (unpaired) electrons. The lowest BCUT2D eigenvalue weighted by atomic mass is 9.93. The smallest absolute Gasteiger partial charge is 0.228 e. The number of rotatable bonds is 11. The zero-order valence-electron chi connectivity index (χ0n) is 25.0. The van der Waals surface area contributed by atoms with Crippen LogP contribution in [-0.2, 0) is 11.3 Å². The molecular formula is C36H39FN4O2. The summed E-state index contributed by atoms with van der Waals surface area (Å²) in [5, 5.41) is 10.4. The van der Waals surface area contributed by atoms with E-state index in [0.29, 0.717) is 18.7 Å². The van der Waals surface area contributed by atoms with Crippen molar-refractivity contribution >= 4 is 34.0 Å². The molecule has 6 nitrogen and oxygen atoms in total. The fourth-order valence-electron chi connectivity index (χ4n) is 5.87. The molecule has 0 bridgehead atoms. The van der Waals surface area contributed by atoms with E-state index in [9.17, 15) is 14.0 Å². The first-order valence-electron chi connectivity index (χ1n) is 15.6. The first-order chi connectivity index (χ1) is 20.9. The highest BCUT2D eigenvalue weighted by molar-refractivity contribution is 6.09. The number of unbranched alkanes of at least 4 members (excludes halogenated alkanes) is 1. The van der Waals surface area contributed by atoms with Gasteiger partial charge in [-0.25, -0.2) is 9.40 Å². The van der Waals surface area contributed by atoms with Gasteiger partial charge in [0.25, 0.3) is 0 Å². The van der Waals surface area contributed by atoms with Crippen molar-refractivity contribution in [3.05, 3.63) is 101 Å². The summed E-state index contributed by atoms with van der Waals surface area (Å²) in [4.78, 5) is 25.8. The Kier molecular flexibility index (Phi) is 8.41. The van der Waals surface area contributed by atoms with E-state index in [1.807, 2.05) is 24.5 Å². The summed E-state index contributed by atoms with van der Waals surface area (Å²) in [5.41, 5.74) is 5.88. The van der Waals surface area contributed by atoms with Crippen LogP contribution in [0.25, 0.3) is 16.5 Å². The van der Waals surface area contributed by atoms with Gasteiger partial charge in [-0.3, -0.25) is 9.59 Å². The largest absolute Gasteiger partial charge is 0.347 e. The van der Waals surface area contributed by atoms with E-state index in [1.54, 1.807) is 17.1 Å². The first kappa shape index (κ1) is 28.8. The zero-order valence-corrected chi connectivity index (χ0v) is 25.0. The van der Waals surface area contributed by atoms with Gasteiger partial charge in [-0.1, -0.05) is 44.5 Å². The molecule has 0 unspecified atom stereocenters. The number of allylic oxidation sites excluding steroid dienone is 3. The number of aromatic nitrogens is 1. The number of amides is 1. The normalized spacial score (nSPS) is 16.8. The Morgan fingerprint density at radius 2 is 2.00 bits per heavy atom. The van der Waals surface area contributed by atoms with Crippen LogP contribution < -0.4 is 5.32 Å². The molecule has 1 fully saturated rings. The van der Waals surface area contributed by atoms with Crippen molar-refractivity contribution in [1.82, 2.24) is 14.9 Å². The van der Waals surface area contributed by atoms with Crippen molar-refractivity contribution in [2.45, 2.75) is 77.7 Å². The molecule has 3 aromatic rings. The van der Waals surface area contributed by atoms with Gasteiger partial charge >= 0.3 is 0 Å². The number of hydrazone groups is 1. The molecule has 0 spiro atoms. The number of nitrogens with one attached hydrogen (secondary N) is 1. The van der Waals surface area contributed by atoms with Crippen molar-refractivity contribution in [3.63, 3.8) is 0 Å². The molecule has 1 aliphatic carbocycles. The number of carbonyl (C=O) groups is 2. The maximum atomic E-state index is 13.7. The SMILES string of the molecule is CCCCn1cc(C(=O)CCC[C@@H](C)c2cccc(F)c2)c2cc(C3=CC4=CCC(NC(=O)C5CC5)=NN4C=C3)ccc21. The van der Waals surface area contributed by atoms with Gasteiger partial charge in [0.2, 0.25) is 5.91 Å². The summed E-state index contributed by atoms with van der Waals surface area (Å²) in [7, 11) is 0. The molecule has 1 amide bonds. The average molecular weight is 579 g/mol. The summed E-state index contributed by atoms with van der Waals surface area (Å²) in [6.07, 6.45) is 16.8. The monoisotopic (exact) mass is 578 g/mol. The number of benzene rings is 2. The molecule has 6 rings (SSSR count). The number of aryl methyl sites for hydroxylation is 1. The maximum Gasteiger partial charge on any atom is 0.228 e. The van der Waals surface area contributed by atoms with Gasteiger partial charge in [0.1, 0.15) is 11.7 Å². The van der Waals surface area contributed by atoms with E-state index in [0.717, 1.165) is 83.9 Å². The Labute approximate surface area is 252 Å². The summed E-state index contributed by atoms with van der Waals surface area (Å²) in [6, 6.07) is 13.1. The molecule has 3 heterocycles. The minimum absolute atomic E-state index is 0.0680. The van der Waals surface area contributed by atoms with Crippen molar-refractivity contribution in [3.8, 4) is 0 Å². The predicted octanol–water partition coefficient (Wildman–Crippen LogP) is 8.08. The molecular weight excluding hydrogens is 539 g/mol. The molecule has 0 saturated heterocycles. The number of carbonyl (C=O) groups excluding carboxylic acids is 2. The lowest BCUT2D eigenvalue weighted by molar-refractivity contribution is -0.120. The molecule has 43 heavy (non-hydrogen) atoms. The van der Waals surface area contributed by atoms with Gasteiger partial charge in [0.05, 0.1) is 5.70 Å². The van der Waals surface area contributed by atoms with Crippen LogP contribution in [-0.4, -0.2) is 27.1 Å². The van der Waals surface area contributed by atoms with Crippen molar-refractivity contribution in [2.24, 2.45) is 11.0 Å². The molecule has 2 aromatic carbocycles. The third-order valence-electron chi connectivity index (χ3n) is 8.64. The number of amidine groups is 1. The molecule has 1 atom stereocenters. The Morgan fingerprint density at radius 3 is 2.79 bits per heavy atom. The van der Waals surface area contributed by atoms with Gasteiger partial charge in [0, 0.05) is 54.2 Å². The third kappa shape index (κ3) is 6.56. The van der Waals surface area contributed by atoms with Crippen LogP contribution in [0.1, 0.15) is 92.6 Å². The fourth-order valence-corrected chi connectivity index (χ4v) is 5.87. The van der Waals surface area contributed by atoms with Crippen LogP contribution >= 0.6 is 0 Å². The molecule has 1 N–H and O–H groups in total. The van der Waals surface area contributed by atoms with E-state index in [4.69, 9.17) is 0 Å². The van der Waals surface area contributed by atoms with Crippen LogP contribution in [0.2, 0.25) is 0 Å². The van der Waals surface area contributed by atoms with E-state index in [1.165, 1.54) is 6.07 Å². The Morgan fingerprint density at radius 1 is 1.14 bits per heavy atom. The van der Waals surface area contributed by atoms with Crippen LogP contribution in [0.15, 0.2) is 83.9 Å². The van der Waals surface area contributed by atoms with Crippen LogP contribution in [0.5, 0.6) is 0 Å². The van der Waals surface area contributed by atoms with Gasteiger partial charge in [-0.15, -0.1) is 0 Å². The molecule has 1 aromatic heterocycles. The number of hydrogen-bond acceptors (Lipinski definition) is 4. The van der Waals surface area contributed by atoms with E-state index >= 15 is 0 Å². The Balaban J connectivity index is 1.19. The topological polar surface area (TPSA) is 66.7 Å². The Hall–Kier alpha value is -4.26. The summed E-state index contributed by atoms with van der Waals surface area (Å²) < 4.78 is 15.9. The number of Topliss-reactive ketones (excluding diaryl/α,β-unsaturated/α-hetero) is 1. The second-order valence-electron chi connectivity index (χ2n) is 12.0. The van der Waals surface area contributed by atoms with Gasteiger partial charge in [-0.05, 0) is 91.1 Å². The molecule has 222 valence electrons. The van der Waals surface area contributed by atoms with Crippen LogP contribution in [0, 0.1) is 11.7 Å². The lowest BCUT2D eigenvalue weighted by Gasteiger charge is -2.25. The maximum absolute atomic E-state index is 13.7. The second-order valence-corrected chi connectivity index (χ2v) is 12.0. The van der Waals surface area contributed by atoms with Gasteiger partial charge in [0.15, 0.2) is 5.78 Å². The highest BCUT2D eigenvalue weighted by Crippen LogP contribution is 2.33. The predicted molar refractivity (Wildman–Crippen MR) is 170 cm³/mol. The number of ketones is 1.